The first kappa shape index (κ1) is 27.2. The molecular formula is C22H26Cl2N6O6S. The molecule has 4 heterocycles. The first-order valence-electron chi connectivity index (χ1n) is 11.3. The van der Waals surface area contributed by atoms with Crippen LogP contribution < -0.4 is 15.0 Å². The first-order valence-corrected chi connectivity index (χ1v) is 12.8. The van der Waals surface area contributed by atoms with Crippen LogP contribution in [0.5, 0.6) is 5.06 Å². The number of hydrogen-bond donors (Lipinski definition) is 3. The van der Waals surface area contributed by atoms with Crippen molar-refractivity contribution in [1.82, 2.24) is 24.8 Å². The van der Waals surface area contributed by atoms with Gasteiger partial charge in [-0.3, -0.25) is 4.79 Å². The number of aromatic nitrogens is 4. The van der Waals surface area contributed by atoms with Crippen molar-refractivity contribution in [2.75, 3.05) is 38.8 Å². The van der Waals surface area contributed by atoms with Gasteiger partial charge in [-0.1, -0.05) is 34.5 Å². The molecule has 4 rings (SSSR count). The number of amides is 1. The molecule has 200 valence electrons. The van der Waals surface area contributed by atoms with Gasteiger partial charge in [-0.2, -0.15) is 0 Å². The number of piperidine rings is 1. The van der Waals surface area contributed by atoms with E-state index in [9.17, 15) is 14.7 Å². The van der Waals surface area contributed by atoms with Crippen molar-refractivity contribution < 1.29 is 28.9 Å². The van der Waals surface area contributed by atoms with Crippen LogP contribution in [0.25, 0.3) is 11.5 Å². The number of nitrogens with zero attached hydrogens (tertiary/aromatic N) is 4. The van der Waals surface area contributed by atoms with Crippen molar-refractivity contribution in [3.8, 4) is 16.6 Å². The number of aromatic amines is 1. The van der Waals surface area contributed by atoms with E-state index < -0.39 is 6.16 Å². The molecule has 0 aliphatic carbocycles. The Labute approximate surface area is 226 Å². The topological polar surface area (TPSA) is 144 Å². The predicted octanol–water partition coefficient (Wildman–Crippen LogP) is 3.68. The van der Waals surface area contributed by atoms with E-state index in [1.807, 2.05) is 9.47 Å². The monoisotopic (exact) mass is 572 g/mol. The van der Waals surface area contributed by atoms with E-state index in [0.717, 1.165) is 11.3 Å². The van der Waals surface area contributed by atoms with E-state index in [1.54, 1.807) is 33.5 Å². The van der Waals surface area contributed by atoms with E-state index in [1.165, 1.54) is 0 Å². The van der Waals surface area contributed by atoms with Gasteiger partial charge in [0.05, 0.1) is 28.8 Å². The van der Waals surface area contributed by atoms with Crippen LogP contribution in [0.1, 0.15) is 22.6 Å². The number of nitrogens with one attached hydrogen (secondary N) is 2. The van der Waals surface area contributed by atoms with Crippen LogP contribution in [0.4, 0.5) is 9.93 Å². The maximum Gasteiger partial charge on any atom is 0.512 e. The highest BCUT2D eigenvalue weighted by atomic mass is 35.5. The molecule has 3 N–H and O–H groups in total. The maximum absolute atomic E-state index is 12.8. The van der Waals surface area contributed by atoms with Crippen molar-refractivity contribution in [2.45, 2.75) is 32.0 Å². The number of rotatable bonds is 9. The Hall–Kier alpha value is -2.84. The number of carbonyl (C=O) groups is 2. The van der Waals surface area contributed by atoms with Crippen molar-refractivity contribution >= 4 is 51.7 Å². The fraction of sp³-hybridized carbons (Fsp3) is 0.455. The lowest BCUT2D eigenvalue weighted by Gasteiger charge is -2.37. The molecule has 0 saturated carbocycles. The number of methoxy groups -OCH3 is 2. The average molecular weight is 573 g/mol. The standard InChI is InChI=1S/C22H26Cl2N6O6S/c1-11-14(23)15(24)16(26-11)19(31)27-12-4-6-30(10-13(12)35-3)21-28-17(20(37-21)36-22(32)33)18-25-5-7-29(18)8-9-34-2/h5,7,12-13,26H,4,6,8-10H2,1-3H3,(H,27,31)(H,32,33)/t12-,13+/m1/s1. The molecule has 0 aromatic carbocycles. The molecule has 1 amide bonds. The van der Waals surface area contributed by atoms with Gasteiger partial charge in [0, 0.05) is 51.9 Å². The third kappa shape index (κ3) is 5.85. The van der Waals surface area contributed by atoms with Crippen LogP contribution in [0.2, 0.25) is 10.0 Å². The fourth-order valence-corrected chi connectivity index (χ4v) is 5.44. The molecule has 1 saturated heterocycles. The van der Waals surface area contributed by atoms with Gasteiger partial charge in [-0.05, 0) is 13.3 Å². The summed E-state index contributed by atoms with van der Waals surface area (Å²) in [6.07, 6.45) is 2.10. The summed E-state index contributed by atoms with van der Waals surface area (Å²) in [6, 6.07) is -0.297. The number of H-pyrrole nitrogens is 1. The van der Waals surface area contributed by atoms with Gasteiger partial charge in [0.25, 0.3) is 5.91 Å². The second-order valence-electron chi connectivity index (χ2n) is 8.28. The number of imidazole rings is 1. The second kappa shape index (κ2) is 11.7. The van der Waals surface area contributed by atoms with Crippen molar-refractivity contribution in [1.29, 1.82) is 0 Å². The third-order valence-electron chi connectivity index (χ3n) is 5.96. The summed E-state index contributed by atoms with van der Waals surface area (Å²) in [5.74, 6) is 0.0927. The van der Waals surface area contributed by atoms with Gasteiger partial charge >= 0.3 is 6.16 Å². The highest BCUT2D eigenvalue weighted by molar-refractivity contribution is 7.18. The summed E-state index contributed by atoms with van der Waals surface area (Å²) in [4.78, 5) is 38.1. The van der Waals surface area contributed by atoms with E-state index in [-0.39, 0.29) is 33.8 Å². The number of ether oxygens (including phenoxy) is 3. The normalized spacial score (nSPS) is 17.7. The summed E-state index contributed by atoms with van der Waals surface area (Å²) in [6.45, 7) is 3.62. The minimum absolute atomic E-state index is 0.116. The quantitative estimate of drug-likeness (QED) is 0.327. The Balaban J connectivity index is 1.53. The van der Waals surface area contributed by atoms with Gasteiger partial charge in [0.2, 0.25) is 5.06 Å². The Morgan fingerprint density at radius 2 is 2.11 bits per heavy atom. The Bertz CT molecular complexity index is 1280. The van der Waals surface area contributed by atoms with Crippen molar-refractivity contribution in [3.63, 3.8) is 0 Å². The number of aryl methyl sites for hydroxylation is 1. The maximum atomic E-state index is 12.8. The van der Waals surface area contributed by atoms with Gasteiger partial charge in [0.15, 0.2) is 16.6 Å². The summed E-state index contributed by atoms with van der Waals surface area (Å²) in [5.41, 5.74) is 1.13. The SMILES string of the molecule is COCCn1ccnc1-c1nc(N2CC[C@@H](NC(=O)c3[nH]c(C)c(Cl)c3Cl)[C@@H](OC)C2)sc1OC(=O)O. The highest BCUT2D eigenvalue weighted by Crippen LogP contribution is 2.40. The zero-order chi connectivity index (χ0) is 26.7. The molecule has 15 heteroatoms. The number of anilines is 1. The van der Waals surface area contributed by atoms with Crippen LogP contribution in [0, 0.1) is 6.92 Å². The molecular weight excluding hydrogens is 547 g/mol. The van der Waals surface area contributed by atoms with Gasteiger partial charge < -0.3 is 39.1 Å². The number of carboxylic acid groups (broad SMARTS) is 1. The van der Waals surface area contributed by atoms with E-state index >= 15 is 0 Å². The summed E-state index contributed by atoms with van der Waals surface area (Å²) < 4.78 is 17.7. The lowest BCUT2D eigenvalue weighted by Crippen LogP contribution is -2.55. The average Bonchev–Trinajstić information content (AvgIpc) is 3.57. The summed E-state index contributed by atoms with van der Waals surface area (Å²) in [7, 11) is 3.16. The van der Waals surface area contributed by atoms with Gasteiger partial charge in [0.1, 0.15) is 5.69 Å². The molecule has 1 aliphatic heterocycles. The lowest BCUT2D eigenvalue weighted by atomic mass is 10.0. The smallest absolute Gasteiger partial charge is 0.449 e. The molecule has 2 atom stereocenters. The third-order valence-corrected chi connectivity index (χ3v) is 7.90. The van der Waals surface area contributed by atoms with Crippen LogP contribution in [0.15, 0.2) is 12.4 Å². The van der Waals surface area contributed by atoms with E-state index in [4.69, 9.17) is 37.4 Å². The fourth-order valence-electron chi connectivity index (χ4n) is 4.08. The van der Waals surface area contributed by atoms with Crippen LogP contribution >= 0.6 is 34.5 Å². The summed E-state index contributed by atoms with van der Waals surface area (Å²) >= 11 is 13.4. The van der Waals surface area contributed by atoms with E-state index in [2.05, 4.69) is 20.3 Å². The molecule has 37 heavy (non-hydrogen) atoms. The molecule has 12 nitrogen and oxygen atoms in total. The Morgan fingerprint density at radius 1 is 1.32 bits per heavy atom. The number of halogens is 2. The number of hydrogen-bond acceptors (Lipinski definition) is 9. The Kier molecular flexibility index (Phi) is 8.60. The molecule has 0 unspecified atom stereocenters. The largest absolute Gasteiger partial charge is 0.512 e. The first-order chi connectivity index (χ1) is 17.7. The predicted molar refractivity (Wildman–Crippen MR) is 138 cm³/mol. The van der Waals surface area contributed by atoms with Crippen LogP contribution in [-0.4, -0.2) is 82.7 Å². The number of thiazole rings is 1. The van der Waals surface area contributed by atoms with Crippen molar-refractivity contribution in [3.05, 3.63) is 33.8 Å². The molecule has 0 spiro atoms. The van der Waals surface area contributed by atoms with E-state index in [0.29, 0.717) is 60.0 Å². The molecule has 3 aromatic heterocycles. The zero-order valence-corrected chi connectivity index (χ0v) is 22.6. The van der Waals surface area contributed by atoms with Gasteiger partial charge in [-0.15, -0.1) is 0 Å². The molecule has 3 aromatic rings. The number of carbonyl (C=O) groups excluding carboxylic acids is 1. The second-order valence-corrected chi connectivity index (χ2v) is 9.98. The zero-order valence-electron chi connectivity index (χ0n) is 20.3. The highest BCUT2D eigenvalue weighted by Gasteiger charge is 2.34. The minimum Gasteiger partial charge on any atom is -0.449 e. The Morgan fingerprint density at radius 3 is 2.76 bits per heavy atom. The van der Waals surface area contributed by atoms with Crippen LogP contribution in [0.3, 0.4) is 0 Å². The van der Waals surface area contributed by atoms with Crippen molar-refractivity contribution in [2.24, 2.45) is 0 Å². The molecule has 0 radical (unpaired) electrons. The van der Waals surface area contributed by atoms with Crippen LogP contribution in [-0.2, 0) is 16.0 Å². The molecule has 1 fully saturated rings. The minimum atomic E-state index is -1.44. The lowest BCUT2D eigenvalue weighted by molar-refractivity contribution is 0.0540. The summed E-state index contributed by atoms with van der Waals surface area (Å²) in [5, 5.41) is 13.4. The van der Waals surface area contributed by atoms with Gasteiger partial charge in [-0.25, -0.2) is 14.8 Å². The molecule has 0 bridgehead atoms. The molecule has 1 aliphatic rings.